The highest BCUT2D eigenvalue weighted by Gasteiger charge is 2.40. The van der Waals surface area contributed by atoms with Gasteiger partial charge >= 0.3 is 0 Å². The Hall–Kier alpha value is -2.00. The molecule has 130 valence electrons. The van der Waals surface area contributed by atoms with Crippen LogP contribution in [0.15, 0.2) is 35.3 Å². The van der Waals surface area contributed by atoms with E-state index in [1.807, 2.05) is 42.2 Å². The first-order chi connectivity index (χ1) is 11.4. The standard InChI is InChI=1S/C18H25N3O2S/c1-4-19-17(20-12-8-11-16-9-6-5-7-10-16)21-13-14-24(22,23)18(2,3)15-21/h5-7,9-10H,4,12-15H2,1-3H3,(H,19,20). The van der Waals surface area contributed by atoms with E-state index >= 15 is 0 Å². The van der Waals surface area contributed by atoms with Crippen molar-refractivity contribution in [2.75, 3.05) is 31.9 Å². The van der Waals surface area contributed by atoms with Crippen molar-refractivity contribution in [3.8, 4) is 11.8 Å². The molecule has 2 rings (SSSR count). The number of nitrogens with zero attached hydrogens (tertiary/aromatic N) is 2. The molecule has 1 N–H and O–H groups in total. The number of hydrogen-bond acceptors (Lipinski definition) is 3. The topological polar surface area (TPSA) is 61.8 Å². The van der Waals surface area contributed by atoms with Gasteiger partial charge in [0.2, 0.25) is 0 Å². The Bertz CT molecular complexity index is 743. The highest BCUT2D eigenvalue weighted by molar-refractivity contribution is 7.92. The molecule has 1 aliphatic heterocycles. The lowest BCUT2D eigenvalue weighted by molar-refractivity contribution is 0.354. The summed E-state index contributed by atoms with van der Waals surface area (Å²) in [5.74, 6) is 7.00. The predicted octanol–water partition coefficient (Wildman–Crippen LogP) is 1.51. The van der Waals surface area contributed by atoms with Gasteiger partial charge < -0.3 is 10.2 Å². The molecule has 1 saturated heterocycles. The average molecular weight is 347 g/mol. The molecule has 5 nitrogen and oxygen atoms in total. The fourth-order valence-electron chi connectivity index (χ4n) is 2.53. The van der Waals surface area contributed by atoms with Crippen LogP contribution in [-0.2, 0) is 9.84 Å². The van der Waals surface area contributed by atoms with Gasteiger partial charge in [0.05, 0.1) is 10.5 Å². The number of hydrogen-bond donors (Lipinski definition) is 1. The van der Waals surface area contributed by atoms with Crippen molar-refractivity contribution in [2.24, 2.45) is 4.99 Å². The molecule has 1 fully saturated rings. The summed E-state index contributed by atoms with van der Waals surface area (Å²) in [4.78, 5) is 6.54. The van der Waals surface area contributed by atoms with Gasteiger partial charge in [-0.25, -0.2) is 13.4 Å². The predicted molar refractivity (Wildman–Crippen MR) is 98.7 cm³/mol. The van der Waals surface area contributed by atoms with Gasteiger partial charge in [-0.1, -0.05) is 30.0 Å². The summed E-state index contributed by atoms with van der Waals surface area (Å²) in [6.45, 7) is 7.55. The molecule has 0 aliphatic carbocycles. The van der Waals surface area contributed by atoms with E-state index in [0.29, 0.717) is 19.6 Å². The summed E-state index contributed by atoms with van der Waals surface area (Å²) in [6.07, 6.45) is 0. The van der Waals surface area contributed by atoms with Crippen molar-refractivity contribution >= 4 is 15.8 Å². The zero-order valence-electron chi connectivity index (χ0n) is 14.5. The number of guanidine groups is 1. The van der Waals surface area contributed by atoms with Crippen LogP contribution < -0.4 is 5.32 Å². The van der Waals surface area contributed by atoms with E-state index < -0.39 is 14.6 Å². The van der Waals surface area contributed by atoms with E-state index in [1.54, 1.807) is 13.8 Å². The van der Waals surface area contributed by atoms with Gasteiger partial charge in [-0.3, -0.25) is 0 Å². The zero-order chi connectivity index (χ0) is 17.6. The second kappa shape index (κ2) is 7.71. The lowest BCUT2D eigenvalue weighted by atomic mass is 10.2. The van der Waals surface area contributed by atoms with Crippen LogP contribution in [0.4, 0.5) is 0 Å². The van der Waals surface area contributed by atoms with Gasteiger partial charge in [0, 0.05) is 25.2 Å². The van der Waals surface area contributed by atoms with E-state index in [0.717, 1.165) is 18.1 Å². The second-order valence-corrected chi connectivity index (χ2v) is 9.08. The Morgan fingerprint density at radius 1 is 1.33 bits per heavy atom. The first-order valence-corrected chi connectivity index (χ1v) is 9.80. The van der Waals surface area contributed by atoms with E-state index in [-0.39, 0.29) is 5.75 Å². The van der Waals surface area contributed by atoms with E-state index in [1.165, 1.54) is 0 Å². The van der Waals surface area contributed by atoms with Crippen LogP contribution >= 0.6 is 0 Å². The van der Waals surface area contributed by atoms with Crippen molar-refractivity contribution in [2.45, 2.75) is 25.5 Å². The summed E-state index contributed by atoms with van der Waals surface area (Å²) < 4.78 is 23.5. The number of sulfone groups is 1. The quantitative estimate of drug-likeness (QED) is 0.500. The third-order valence-corrected chi connectivity index (χ3v) is 6.53. The molecular weight excluding hydrogens is 322 g/mol. The van der Waals surface area contributed by atoms with Crippen LogP contribution in [0, 0.1) is 11.8 Å². The minimum atomic E-state index is -3.06. The van der Waals surface area contributed by atoms with Gasteiger partial charge in [-0.15, -0.1) is 0 Å². The normalized spacial score (nSPS) is 19.3. The van der Waals surface area contributed by atoms with Crippen LogP contribution in [0.2, 0.25) is 0 Å². The van der Waals surface area contributed by atoms with Crippen molar-refractivity contribution in [1.82, 2.24) is 10.2 Å². The molecule has 0 spiro atoms. The Morgan fingerprint density at radius 3 is 2.67 bits per heavy atom. The minimum Gasteiger partial charge on any atom is -0.356 e. The zero-order valence-corrected chi connectivity index (χ0v) is 15.4. The number of benzene rings is 1. The van der Waals surface area contributed by atoms with Crippen LogP contribution in [0.3, 0.4) is 0 Å². The molecule has 1 aromatic carbocycles. The molecule has 6 heteroatoms. The Kier molecular flexibility index (Phi) is 5.89. The third kappa shape index (κ3) is 4.51. The first kappa shape index (κ1) is 18.3. The van der Waals surface area contributed by atoms with Crippen molar-refractivity contribution in [3.63, 3.8) is 0 Å². The van der Waals surface area contributed by atoms with Gasteiger partial charge in [0.15, 0.2) is 15.8 Å². The van der Waals surface area contributed by atoms with E-state index in [2.05, 4.69) is 22.2 Å². The van der Waals surface area contributed by atoms with Crippen molar-refractivity contribution < 1.29 is 8.42 Å². The van der Waals surface area contributed by atoms with Crippen LogP contribution in [0.1, 0.15) is 26.3 Å². The molecule has 24 heavy (non-hydrogen) atoms. The van der Waals surface area contributed by atoms with Gasteiger partial charge in [-0.2, -0.15) is 0 Å². The van der Waals surface area contributed by atoms with E-state index in [9.17, 15) is 8.42 Å². The van der Waals surface area contributed by atoms with Crippen molar-refractivity contribution in [3.05, 3.63) is 35.9 Å². The molecule has 1 aliphatic rings. The number of rotatable bonds is 2. The molecule has 0 amide bonds. The van der Waals surface area contributed by atoms with Crippen LogP contribution in [0.25, 0.3) is 0 Å². The Balaban J connectivity index is 2.08. The Labute approximate surface area is 145 Å². The molecule has 0 atom stereocenters. The van der Waals surface area contributed by atoms with E-state index in [4.69, 9.17) is 0 Å². The fourth-order valence-corrected chi connectivity index (χ4v) is 3.89. The maximum Gasteiger partial charge on any atom is 0.194 e. The second-order valence-electron chi connectivity index (χ2n) is 6.34. The fraction of sp³-hybridized carbons (Fsp3) is 0.500. The van der Waals surface area contributed by atoms with Crippen LogP contribution in [-0.4, -0.2) is 56.0 Å². The number of aliphatic imine (C=N–C) groups is 1. The summed E-state index contributed by atoms with van der Waals surface area (Å²) in [5, 5.41) is 3.23. The minimum absolute atomic E-state index is 0.153. The largest absolute Gasteiger partial charge is 0.356 e. The molecule has 0 aromatic heterocycles. The maximum atomic E-state index is 12.1. The summed E-state index contributed by atoms with van der Waals surface area (Å²) in [6, 6.07) is 9.78. The van der Waals surface area contributed by atoms with Gasteiger partial charge in [0.1, 0.15) is 6.54 Å². The summed E-state index contributed by atoms with van der Waals surface area (Å²) >= 11 is 0. The highest BCUT2D eigenvalue weighted by atomic mass is 32.2. The third-order valence-electron chi connectivity index (χ3n) is 3.99. The highest BCUT2D eigenvalue weighted by Crippen LogP contribution is 2.23. The van der Waals surface area contributed by atoms with Gasteiger partial charge in [-0.05, 0) is 32.9 Å². The molecule has 1 heterocycles. The van der Waals surface area contributed by atoms with Crippen LogP contribution in [0.5, 0.6) is 0 Å². The SMILES string of the molecule is CCNC(=NCC#Cc1ccccc1)N1CCS(=O)(=O)C(C)(C)C1. The van der Waals surface area contributed by atoms with Gasteiger partial charge in [0.25, 0.3) is 0 Å². The maximum absolute atomic E-state index is 12.1. The molecule has 0 saturated carbocycles. The Morgan fingerprint density at radius 2 is 2.04 bits per heavy atom. The molecule has 1 aromatic rings. The molecule has 0 unspecified atom stereocenters. The molecular formula is C18H25N3O2S. The lowest BCUT2D eigenvalue weighted by Crippen LogP contribution is -2.57. The van der Waals surface area contributed by atoms with Crippen molar-refractivity contribution in [1.29, 1.82) is 0 Å². The molecule has 0 bridgehead atoms. The number of nitrogens with one attached hydrogen (secondary N) is 1. The smallest absolute Gasteiger partial charge is 0.194 e. The average Bonchev–Trinajstić information content (AvgIpc) is 2.54. The molecule has 0 radical (unpaired) electrons. The summed E-state index contributed by atoms with van der Waals surface area (Å²) in [5.41, 5.74) is 0.961. The lowest BCUT2D eigenvalue weighted by Gasteiger charge is -2.39. The summed E-state index contributed by atoms with van der Waals surface area (Å²) in [7, 11) is -3.06. The first-order valence-electron chi connectivity index (χ1n) is 8.15. The monoisotopic (exact) mass is 347 g/mol.